The number of ether oxygens (including phenoxy) is 2. The Kier molecular flexibility index (Phi) is 8.46. The number of carbonyl (C=O) groups excluding carboxylic acids is 2. The van der Waals surface area contributed by atoms with Gasteiger partial charge in [-0.05, 0) is 36.4 Å². The number of nitro benzene ring substituents is 1. The van der Waals surface area contributed by atoms with Crippen LogP contribution in [0, 0.1) is 21.4 Å². The number of hydrogen-bond acceptors (Lipinski definition) is 7. The summed E-state index contributed by atoms with van der Waals surface area (Å²) in [6.45, 7) is 1.38. The van der Waals surface area contributed by atoms with Crippen LogP contribution in [0.25, 0.3) is 0 Å². The molecule has 0 radical (unpaired) electrons. The summed E-state index contributed by atoms with van der Waals surface area (Å²) in [6, 6.07) is 14.9. The number of anilines is 1. The van der Waals surface area contributed by atoms with Crippen LogP contribution in [0.2, 0.25) is 5.02 Å². The van der Waals surface area contributed by atoms with Gasteiger partial charge in [0.2, 0.25) is 11.5 Å². The van der Waals surface area contributed by atoms with Crippen molar-refractivity contribution in [3.63, 3.8) is 0 Å². The van der Waals surface area contributed by atoms with Crippen LogP contribution in [-0.2, 0) is 15.8 Å². The molecule has 1 amide bonds. The third-order valence-electron chi connectivity index (χ3n) is 5.50. The van der Waals surface area contributed by atoms with Gasteiger partial charge in [0.25, 0.3) is 5.91 Å². The normalized spacial score (nSPS) is 12.5. The molecule has 39 heavy (non-hydrogen) atoms. The Morgan fingerprint density at radius 3 is 2.28 bits per heavy atom. The Morgan fingerprint density at radius 1 is 1.08 bits per heavy atom. The first-order valence-corrected chi connectivity index (χ1v) is 11.5. The second kappa shape index (κ2) is 11.4. The van der Waals surface area contributed by atoms with Crippen molar-refractivity contribution in [2.75, 3.05) is 11.9 Å². The zero-order chi connectivity index (χ0) is 29.0. The monoisotopic (exact) mass is 561 g/mol. The van der Waals surface area contributed by atoms with Gasteiger partial charge in [-0.1, -0.05) is 36.7 Å². The molecule has 3 aromatic rings. The minimum Gasteiger partial charge on any atom is -0.456 e. The molecule has 0 N–H and O–H groups in total. The third-order valence-corrected chi connectivity index (χ3v) is 5.79. The minimum atomic E-state index is -4.65. The molecule has 0 heterocycles. The lowest BCUT2D eigenvalue weighted by atomic mass is 9.95. The number of alkyl halides is 3. The van der Waals surface area contributed by atoms with E-state index in [1.807, 2.05) is 0 Å². The molecule has 0 bridgehead atoms. The Labute approximate surface area is 225 Å². The van der Waals surface area contributed by atoms with Crippen LogP contribution in [-0.4, -0.2) is 29.3 Å². The Morgan fingerprint density at radius 2 is 1.74 bits per heavy atom. The van der Waals surface area contributed by atoms with Gasteiger partial charge in [0.15, 0.2) is 0 Å². The van der Waals surface area contributed by atoms with Crippen molar-refractivity contribution in [2.24, 2.45) is 0 Å². The highest BCUT2D eigenvalue weighted by molar-refractivity contribution is 6.32. The predicted octanol–water partition coefficient (Wildman–Crippen LogP) is 6.34. The maximum Gasteiger partial charge on any atom is 0.416 e. The number of rotatable bonds is 9. The molecule has 202 valence electrons. The summed E-state index contributed by atoms with van der Waals surface area (Å²) in [7, 11) is 1.30. The molecule has 9 nitrogen and oxygen atoms in total. The zero-order valence-electron chi connectivity index (χ0n) is 20.4. The summed E-state index contributed by atoms with van der Waals surface area (Å²) in [6.07, 6.45) is -4.98. The average molecular weight is 562 g/mol. The van der Waals surface area contributed by atoms with E-state index in [9.17, 15) is 38.1 Å². The van der Waals surface area contributed by atoms with Gasteiger partial charge < -0.3 is 14.4 Å². The molecule has 0 aromatic heterocycles. The summed E-state index contributed by atoms with van der Waals surface area (Å²) in [5.41, 5.74) is -4.22. The molecule has 0 aliphatic rings. The lowest BCUT2D eigenvalue weighted by Gasteiger charge is -2.29. The van der Waals surface area contributed by atoms with Gasteiger partial charge in [0, 0.05) is 31.3 Å². The topological polar surface area (TPSA) is 123 Å². The molecule has 1 unspecified atom stereocenters. The number of hydrogen-bond donors (Lipinski definition) is 0. The number of nitrogens with zero attached hydrogens (tertiary/aromatic N) is 3. The average Bonchev–Trinajstić information content (AvgIpc) is 2.91. The van der Waals surface area contributed by atoms with Gasteiger partial charge in [-0.2, -0.15) is 18.4 Å². The lowest BCUT2D eigenvalue weighted by Crippen LogP contribution is -2.56. The summed E-state index contributed by atoms with van der Waals surface area (Å²) in [5.74, 6) is -3.16. The van der Waals surface area contributed by atoms with Crippen LogP contribution in [0.1, 0.15) is 18.9 Å². The van der Waals surface area contributed by atoms with Gasteiger partial charge in [0.05, 0.1) is 15.5 Å². The molecule has 0 saturated carbocycles. The number of ketones is 1. The number of amides is 1. The minimum absolute atomic E-state index is 0.197. The zero-order valence-corrected chi connectivity index (χ0v) is 21.1. The van der Waals surface area contributed by atoms with Gasteiger partial charge >= 0.3 is 17.5 Å². The first kappa shape index (κ1) is 28.9. The van der Waals surface area contributed by atoms with Gasteiger partial charge in [-0.15, -0.1) is 0 Å². The second-order valence-electron chi connectivity index (χ2n) is 8.00. The van der Waals surface area contributed by atoms with E-state index in [0.717, 1.165) is 35.2 Å². The smallest absolute Gasteiger partial charge is 0.416 e. The van der Waals surface area contributed by atoms with Crippen LogP contribution < -0.4 is 14.4 Å². The predicted molar refractivity (Wildman–Crippen MR) is 134 cm³/mol. The first-order valence-electron chi connectivity index (χ1n) is 11.1. The molecule has 0 spiro atoms. The van der Waals surface area contributed by atoms with Crippen LogP contribution in [0.3, 0.4) is 0 Å². The summed E-state index contributed by atoms with van der Waals surface area (Å²) < 4.78 is 49.9. The van der Waals surface area contributed by atoms with E-state index in [-0.39, 0.29) is 17.9 Å². The Bertz CT molecular complexity index is 1460. The van der Waals surface area contributed by atoms with E-state index in [2.05, 4.69) is 0 Å². The van der Waals surface area contributed by atoms with E-state index in [1.165, 1.54) is 14.0 Å². The van der Waals surface area contributed by atoms with Crippen molar-refractivity contribution in [1.82, 2.24) is 0 Å². The summed E-state index contributed by atoms with van der Waals surface area (Å²) in [4.78, 5) is 38.3. The number of halogens is 4. The van der Waals surface area contributed by atoms with Crippen molar-refractivity contribution in [2.45, 2.75) is 25.1 Å². The molecule has 3 rings (SSSR count). The van der Waals surface area contributed by atoms with E-state index in [0.29, 0.717) is 11.8 Å². The van der Waals surface area contributed by atoms with E-state index in [1.54, 1.807) is 36.4 Å². The Balaban J connectivity index is 2.06. The molecular weight excluding hydrogens is 543 g/mol. The van der Waals surface area contributed by atoms with Gasteiger partial charge in [-0.25, -0.2) is 0 Å². The molecule has 0 aliphatic heterocycles. The van der Waals surface area contributed by atoms with Crippen molar-refractivity contribution < 1.29 is 37.2 Å². The standard InChI is InChI=1S/C26H19ClF3N3O6/c1-3-23(34)25(15-31,24(35)32(2)17-7-5-4-6-8-17)39-22-14-18(10-11-20(22)33(36)37)38-21-12-9-16(13-19(21)27)26(28,29)30/h4-14H,3H2,1-2H3. The fraction of sp³-hybridized carbons (Fsp3) is 0.192. The molecule has 1 atom stereocenters. The fourth-order valence-corrected chi connectivity index (χ4v) is 3.67. The van der Waals surface area contributed by atoms with Crippen molar-refractivity contribution >= 4 is 34.7 Å². The van der Waals surface area contributed by atoms with Crippen LogP contribution in [0.5, 0.6) is 17.2 Å². The SMILES string of the molecule is CCC(=O)C(C#N)(Oc1cc(Oc2ccc(C(F)(F)F)cc2Cl)ccc1[N+](=O)[O-])C(=O)N(C)c1ccccc1. The molecule has 3 aromatic carbocycles. The van der Waals surface area contributed by atoms with Crippen LogP contribution in [0.4, 0.5) is 24.5 Å². The first-order chi connectivity index (χ1) is 18.3. The van der Waals surface area contributed by atoms with E-state index < -0.39 is 50.4 Å². The lowest BCUT2D eigenvalue weighted by molar-refractivity contribution is -0.386. The number of Topliss-reactive ketones (excluding diaryl/α,β-unsaturated/α-hetero) is 1. The highest BCUT2D eigenvalue weighted by Gasteiger charge is 2.51. The molecule has 0 aliphatic carbocycles. The second-order valence-corrected chi connectivity index (χ2v) is 8.41. The number of likely N-dealkylation sites (N-methyl/N-ethyl adjacent to an activating group) is 1. The van der Waals surface area contributed by atoms with Crippen LogP contribution >= 0.6 is 11.6 Å². The van der Waals surface area contributed by atoms with Crippen LogP contribution in [0.15, 0.2) is 66.7 Å². The molecule has 13 heteroatoms. The maximum atomic E-state index is 13.5. The molecular formula is C26H19ClF3N3O6. The van der Waals surface area contributed by atoms with E-state index >= 15 is 0 Å². The largest absolute Gasteiger partial charge is 0.456 e. The summed E-state index contributed by atoms with van der Waals surface area (Å²) >= 11 is 5.93. The van der Waals surface area contributed by atoms with Crippen molar-refractivity contribution in [1.29, 1.82) is 5.26 Å². The van der Waals surface area contributed by atoms with Crippen molar-refractivity contribution in [3.8, 4) is 23.3 Å². The van der Waals surface area contributed by atoms with Gasteiger partial charge in [-0.3, -0.25) is 19.7 Å². The highest BCUT2D eigenvalue weighted by Crippen LogP contribution is 2.40. The van der Waals surface area contributed by atoms with E-state index in [4.69, 9.17) is 21.1 Å². The third kappa shape index (κ3) is 6.10. The maximum absolute atomic E-state index is 13.5. The number of nitro groups is 1. The van der Waals surface area contributed by atoms with Gasteiger partial charge in [0.1, 0.15) is 17.6 Å². The highest BCUT2D eigenvalue weighted by atomic mass is 35.5. The Hall–Kier alpha value is -4.63. The quantitative estimate of drug-likeness (QED) is 0.170. The summed E-state index contributed by atoms with van der Waals surface area (Å²) in [5, 5.41) is 21.3. The molecule has 0 saturated heterocycles. The fourth-order valence-electron chi connectivity index (χ4n) is 3.45. The van der Waals surface area contributed by atoms with Crippen molar-refractivity contribution in [3.05, 3.63) is 87.4 Å². The number of para-hydroxylation sites is 1. The number of benzene rings is 3. The number of nitriles is 1. The molecule has 0 fully saturated rings. The number of carbonyl (C=O) groups is 2.